The highest BCUT2D eigenvalue weighted by Gasteiger charge is 2.07. The molecule has 0 atom stereocenters. The SMILES string of the molecule is Cc1ccc(C(=O)/C=C/c2ccc(COc3cccc(Cl)c3Cl)o2)cc1. The number of hydrogen-bond acceptors (Lipinski definition) is 3. The van der Waals surface area contributed by atoms with E-state index < -0.39 is 0 Å². The second-order valence-corrected chi connectivity index (χ2v) is 6.49. The Morgan fingerprint density at radius 1 is 1.08 bits per heavy atom. The molecule has 0 aliphatic heterocycles. The van der Waals surface area contributed by atoms with Gasteiger partial charge in [0.25, 0.3) is 0 Å². The molecule has 2 aromatic carbocycles. The zero-order valence-electron chi connectivity index (χ0n) is 14.0. The van der Waals surface area contributed by atoms with Crippen LogP contribution >= 0.6 is 23.2 Å². The van der Waals surface area contributed by atoms with Crippen molar-refractivity contribution in [3.8, 4) is 5.75 Å². The first-order valence-corrected chi connectivity index (χ1v) is 8.73. The molecular weight excluding hydrogens is 371 g/mol. The number of ketones is 1. The normalized spacial score (nSPS) is 11.0. The van der Waals surface area contributed by atoms with Gasteiger partial charge in [0.2, 0.25) is 0 Å². The zero-order valence-corrected chi connectivity index (χ0v) is 15.6. The lowest BCUT2D eigenvalue weighted by Crippen LogP contribution is -1.94. The monoisotopic (exact) mass is 386 g/mol. The lowest BCUT2D eigenvalue weighted by atomic mass is 10.1. The summed E-state index contributed by atoms with van der Waals surface area (Å²) < 4.78 is 11.3. The maximum Gasteiger partial charge on any atom is 0.185 e. The van der Waals surface area contributed by atoms with Gasteiger partial charge in [0.05, 0.1) is 5.02 Å². The van der Waals surface area contributed by atoms with Gasteiger partial charge in [-0.3, -0.25) is 4.79 Å². The molecule has 0 aliphatic rings. The Morgan fingerprint density at radius 3 is 2.62 bits per heavy atom. The van der Waals surface area contributed by atoms with Gasteiger partial charge in [-0.1, -0.05) is 59.1 Å². The van der Waals surface area contributed by atoms with Crippen LogP contribution in [-0.2, 0) is 6.61 Å². The molecule has 132 valence electrons. The molecule has 0 aliphatic carbocycles. The maximum absolute atomic E-state index is 12.1. The number of furan rings is 1. The molecule has 3 aromatic rings. The quantitative estimate of drug-likeness (QED) is 0.364. The Labute approximate surface area is 161 Å². The van der Waals surface area contributed by atoms with E-state index in [0.29, 0.717) is 32.9 Å². The number of carbonyl (C=O) groups is 1. The summed E-state index contributed by atoms with van der Waals surface area (Å²) >= 11 is 12.0. The molecule has 0 N–H and O–H groups in total. The molecule has 3 nitrogen and oxygen atoms in total. The first kappa shape index (κ1) is 18.3. The molecule has 0 saturated heterocycles. The lowest BCUT2D eigenvalue weighted by Gasteiger charge is -2.06. The number of rotatable bonds is 6. The highest BCUT2D eigenvalue weighted by Crippen LogP contribution is 2.32. The molecular formula is C21H16Cl2O3. The fourth-order valence-electron chi connectivity index (χ4n) is 2.28. The van der Waals surface area contributed by atoms with Crippen LogP contribution in [0.5, 0.6) is 5.75 Å². The Morgan fingerprint density at radius 2 is 1.85 bits per heavy atom. The number of ether oxygens (including phenoxy) is 1. The van der Waals surface area contributed by atoms with Crippen LogP contribution in [-0.4, -0.2) is 5.78 Å². The van der Waals surface area contributed by atoms with Crippen LogP contribution in [0.4, 0.5) is 0 Å². The highest BCUT2D eigenvalue weighted by molar-refractivity contribution is 6.42. The first-order valence-electron chi connectivity index (χ1n) is 7.97. The van der Waals surface area contributed by atoms with Gasteiger partial charge in [0.1, 0.15) is 28.9 Å². The van der Waals surface area contributed by atoms with Crippen molar-refractivity contribution in [1.82, 2.24) is 0 Å². The van der Waals surface area contributed by atoms with Crippen molar-refractivity contribution in [1.29, 1.82) is 0 Å². The van der Waals surface area contributed by atoms with Crippen molar-refractivity contribution in [3.63, 3.8) is 0 Å². The van der Waals surface area contributed by atoms with E-state index in [2.05, 4.69) is 0 Å². The molecule has 0 fully saturated rings. The minimum Gasteiger partial charge on any atom is -0.484 e. The van der Waals surface area contributed by atoms with E-state index in [1.807, 2.05) is 19.1 Å². The Hall–Kier alpha value is -2.49. The third-order valence-corrected chi connectivity index (χ3v) is 4.51. The van der Waals surface area contributed by atoms with Gasteiger partial charge in [0, 0.05) is 5.56 Å². The average Bonchev–Trinajstić information content (AvgIpc) is 3.09. The minimum atomic E-state index is -0.0788. The standard InChI is InChI=1S/C21H16Cl2O3/c1-14-5-7-15(8-6-14)19(24)12-11-16-9-10-17(26-16)13-25-20-4-2-3-18(22)21(20)23/h2-12H,13H2,1H3/b12-11+. The van der Waals surface area contributed by atoms with E-state index in [9.17, 15) is 4.79 Å². The van der Waals surface area contributed by atoms with Gasteiger partial charge >= 0.3 is 0 Å². The van der Waals surface area contributed by atoms with E-state index >= 15 is 0 Å². The van der Waals surface area contributed by atoms with Gasteiger partial charge in [-0.25, -0.2) is 0 Å². The van der Waals surface area contributed by atoms with Crippen molar-refractivity contribution in [2.45, 2.75) is 13.5 Å². The summed E-state index contributed by atoms with van der Waals surface area (Å²) in [5.41, 5.74) is 1.75. The summed E-state index contributed by atoms with van der Waals surface area (Å²) in [6, 6.07) is 16.2. The Kier molecular flexibility index (Phi) is 5.82. The average molecular weight is 387 g/mol. The van der Waals surface area contributed by atoms with Gasteiger partial charge in [-0.15, -0.1) is 0 Å². The fourth-order valence-corrected chi connectivity index (χ4v) is 2.62. The van der Waals surface area contributed by atoms with Crippen LogP contribution in [0.25, 0.3) is 6.08 Å². The van der Waals surface area contributed by atoms with Crippen LogP contribution < -0.4 is 4.74 Å². The molecule has 0 saturated carbocycles. The number of aryl methyl sites for hydroxylation is 1. The smallest absolute Gasteiger partial charge is 0.185 e. The summed E-state index contributed by atoms with van der Waals surface area (Å²) in [5, 5.41) is 0.798. The van der Waals surface area contributed by atoms with E-state index in [1.165, 1.54) is 6.08 Å². The van der Waals surface area contributed by atoms with Crippen LogP contribution in [0, 0.1) is 6.92 Å². The van der Waals surface area contributed by atoms with Gasteiger partial charge in [-0.2, -0.15) is 0 Å². The number of hydrogen-bond donors (Lipinski definition) is 0. The van der Waals surface area contributed by atoms with Gasteiger partial charge < -0.3 is 9.15 Å². The molecule has 0 radical (unpaired) electrons. The van der Waals surface area contributed by atoms with E-state index in [-0.39, 0.29) is 12.4 Å². The largest absolute Gasteiger partial charge is 0.484 e. The number of carbonyl (C=O) groups excluding carboxylic acids is 1. The highest BCUT2D eigenvalue weighted by atomic mass is 35.5. The summed E-state index contributed by atoms with van der Waals surface area (Å²) in [6.45, 7) is 2.19. The van der Waals surface area contributed by atoms with Crippen molar-refractivity contribution in [2.24, 2.45) is 0 Å². The number of halogens is 2. The molecule has 26 heavy (non-hydrogen) atoms. The van der Waals surface area contributed by atoms with E-state index in [0.717, 1.165) is 5.56 Å². The van der Waals surface area contributed by atoms with Crippen LogP contribution in [0.2, 0.25) is 10.0 Å². The van der Waals surface area contributed by atoms with Crippen LogP contribution in [0.15, 0.2) is 65.1 Å². The van der Waals surface area contributed by atoms with Crippen LogP contribution in [0.1, 0.15) is 27.4 Å². The third kappa shape index (κ3) is 4.57. The third-order valence-electron chi connectivity index (χ3n) is 3.70. The fraction of sp³-hybridized carbons (Fsp3) is 0.0952. The number of allylic oxidation sites excluding steroid dienone is 1. The Balaban J connectivity index is 1.61. The second kappa shape index (κ2) is 8.26. The van der Waals surface area contributed by atoms with Crippen LogP contribution in [0.3, 0.4) is 0 Å². The van der Waals surface area contributed by atoms with E-state index in [4.69, 9.17) is 32.4 Å². The van der Waals surface area contributed by atoms with Crippen molar-refractivity contribution in [3.05, 3.63) is 93.4 Å². The summed E-state index contributed by atoms with van der Waals surface area (Å²) in [4.78, 5) is 12.1. The molecule has 3 rings (SSSR count). The summed E-state index contributed by atoms with van der Waals surface area (Å²) in [7, 11) is 0. The first-order chi connectivity index (χ1) is 12.5. The molecule has 0 unspecified atom stereocenters. The molecule has 5 heteroatoms. The topological polar surface area (TPSA) is 39.4 Å². The second-order valence-electron chi connectivity index (χ2n) is 5.71. The van der Waals surface area contributed by atoms with Gasteiger partial charge in [0.15, 0.2) is 5.78 Å². The molecule has 0 spiro atoms. The van der Waals surface area contributed by atoms with Gasteiger partial charge in [-0.05, 0) is 43.3 Å². The molecule has 0 amide bonds. The Bertz CT molecular complexity index is 940. The predicted octanol–water partition coefficient (Wildman–Crippen LogP) is 6.37. The van der Waals surface area contributed by atoms with Crippen molar-refractivity contribution < 1.29 is 13.9 Å². The molecule has 0 bridgehead atoms. The predicted molar refractivity (Wildman–Crippen MR) is 104 cm³/mol. The maximum atomic E-state index is 12.1. The van der Waals surface area contributed by atoms with Crippen molar-refractivity contribution >= 4 is 35.1 Å². The minimum absolute atomic E-state index is 0.0788. The zero-order chi connectivity index (χ0) is 18.5. The summed E-state index contributed by atoms with van der Waals surface area (Å²) in [6.07, 6.45) is 3.13. The molecule has 1 aromatic heterocycles. The summed E-state index contributed by atoms with van der Waals surface area (Å²) in [5.74, 6) is 1.59. The lowest BCUT2D eigenvalue weighted by molar-refractivity contribution is 0.104. The number of benzene rings is 2. The van der Waals surface area contributed by atoms with E-state index in [1.54, 1.807) is 48.5 Å². The molecule has 1 heterocycles. The van der Waals surface area contributed by atoms with Crippen molar-refractivity contribution in [2.75, 3.05) is 0 Å².